The maximum Gasteiger partial charge on any atom is 0.276 e. The summed E-state index contributed by atoms with van der Waals surface area (Å²) >= 11 is 0. The molecule has 9 nitrogen and oxygen atoms in total. The van der Waals surface area contributed by atoms with Crippen molar-refractivity contribution in [3.8, 4) is 17.1 Å². The standard InChI is InChI=1S/C24H19N5O4S/c1-33-14-7-9-15(10-8-14)34(32)29-23(30)13-6-11-17-16(12-13)20(25)21(26-17)22-24(31)28-19-5-3-2-4-18(19)27-22/h2-12,26H,25H2,1H3,(H,28,31)(H,29,30). The Labute approximate surface area is 195 Å². The molecule has 170 valence electrons. The van der Waals surface area contributed by atoms with Crippen LogP contribution in [0, 0.1) is 0 Å². The highest BCUT2D eigenvalue weighted by atomic mass is 32.2. The van der Waals surface area contributed by atoms with Crippen molar-refractivity contribution >= 4 is 44.5 Å². The number of carbonyl (C=O) groups excluding carboxylic acids is 1. The van der Waals surface area contributed by atoms with Gasteiger partial charge in [0.1, 0.15) is 5.75 Å². The molecule has 0 saturated heterocycles. The molecule has 34 heavy (non-hydrogen) atoms. The Morgan fingerprint density at radius 3 is 2.56 bits per heavy atom. The van der Waals surface area contributed by atoms with Crippen LogP contribution in [0.2, 0.25) is 0 Å². The van der Waals surface area contributed by atoms with E-state index in [1.807, 2.05) is 12.1 Å². The van der Waals surface area contributed by atoms with Crippen LogP contribution in [0.5, 0.6) is 5.75 Å². The summed E-state index contributed by atoms with van der Waals surface area (Å²) in [7, 11) is -0.218. The molecule has 0 saturated carbocycles. The van der Waals surface area contributed by atoms with Crippen LogP contribution >= 0.6 is 0 Å². The first kappa shape index (κ1) is 21.4. The molecule has 0 fully saturated rings. The zero-order valence-corrected chi connectivity index (χ0v) is 18.7. The van der Waals surface area contributed by atoms with E-state index in [4.69, 9.17) is 10.5 Å². The lowest BCUT2D eigenvalue weighted by Gasteiger charge is -2.06. The number of aromatic amines is 2. The van der Waals surface area contributed by atoms with Gasteiger partial charge in [-0.1, -0.05) is 12.1 Å². The Morgan fingerprint density at radius 2 is 1.79 bits per heavy atom. The zero-order chi connectivity index (χ0) is 23.8. The van der Waals surface area contributed by atoms with Crippen LogP contribution in [-0.4, -0.2) is 32.2 Å². The molecule has 2 heterocycles. The van der Waals surface area contributed by atoms with E-state index < -0.39 is 16.9 Å². The van der Waals surface area contributed by atoms with Crippen LogP contribution in [0.1, 0.15) is 10.4 Å². The first-order valence-electron chi connectivity index (χ1n) is 10.2. The minimum Gasteiger partial charge on any atom is -0.497 e. The molecule has 0 aliphatic rings. The first-order valence-corrected chi connectivity index (χ1v) is 11.4. The molecular weight excluding hydrogens is 454 g/mol. The molecule has 1 unspecified atom stereocenters. The van der Waals surface area contributed by atoms with Crippen molar-refractivity contribution in [2.24, 2.45) is 0 Å². The SMILES string of the molecule is COc1ccc(S(=O)NC(=O)c2ccc3[nH]c(-c4nc5ccccc5[nH]c4=O)c(N)c3c2)cc1. The van der Waals surface area contributed by atoms with Gasteiger partial charge in [0.2, 0.25) is 0 Å². The number of nitrogens with one attached hydrogen (secondary N) is 3. The van der Waals surface area contributed by atoms with Crippen LogP contribution in [0.15, 0.2) is 76.4 Å². The second-order valence-corrected chi connectivity index (χ2v) is 8.69. The Hall–Kier alpha value is -4.44. The number of fused-ring (bicyclic) bond motifs is 2. The third kappa shape index (κ3) is 3.80. The maximum atomic E-state index is 12.7. The molecule has 0 spiro atoms. The van der Waals surface area contributed by atoms with Crippen molar-refractivity contribution in [2.75, 3.05) is 12.8 Å². The highest BCUT2D eigenvalue weighted by Gasteiger charge is 2.18. The van der Waals surface area contributed by atoms with Gasteiger partial charge in [-0.2, -0.15) is 0 Å². The largest absolute Gasteiger partial charge is 0.497 e. The summed E-state index contributed by atoms with van der Waals surface area (Å²) in [5, 5.41) is 0.548. The Kier molecular flexibility index (Phi) is 5.34. The third-order valence-electron chi connectivity index (χ3n) is 5.40. The number of hydrogen-bond donors (Lipinski definition) is 4. The molecule has 1 atom stereocenters. The number of rotatable bonds is 5. The predicted octanol–water partition coefficient (Wildman–Crippen LogP) is 3.11. The highest BCUT2D eigenvalue weighted by molar-refractivity contribution is 7.83. The van der Waals surface area contributed by atoms with Gasteiger partial charge in [0.05, 0.1) is 34.4 Å². The number of nitrogen functional groups attached to an aromatic ring is 1. The molecular formula is C24H19N5O4S. The number of amides is 1. The number of ether oxygens (including phenoxy) is 1. The summed E-state index contributed by atoms with van der Waals surface area (Å²) in [5.74, 6) is 0.0934. The van der Waals surface area contributed by atoms with Crippen molar-refractivity contribution in [3.05, 3.63) is 82.6 Å². The van der Waals surface area contributed by atoms with Gasteiger partial charge >= 0.3 is 0 Å². The normalized spacial score (nSPS) is 12.0. The first-order chi connectivity index (χ1) is 16.4. The molecule has 1 amide bonds. The smallest absolute Gasteiger partial charge is 0.276 e. The van der Waals surface area contributed by atoms with Crippen molar-refractivity contribution in [1.82, 2.24) is 19.7 Å². The maximum absolute atomic E-state index is 12.7. The average molecular weight is 474 g/mol. The van der Waals surface area contributed by atoms with E-state index in [-0.39, 0.29) is 22.5 Å². The van der Waals surface area contributed by atoms with Crippen LogP contribution < -0.4 is 20.8 Å². The van der Waals surface area contributed by atoms with Crippen molar-refractivity contribution in [2.45, 2.75) is 4.90 Å². The fourth-order valence-corrected chi connectivity index (χ4v) is 4.43. The quantitative estimate of drug-likeness (QED) is 0.309. The summed E-state index contributed by atoms with van der Waals surface area (Å²) in [6, 6.07) is 18.6. The molecule has 0 aliphatic heterocycles. The molecule has 10 heteroatoms. The minimum absolute atomic E-state index is 0.152. The van der Waals surface area contributed by atoms with Crippen LogP contribution in [0.4, 0.5) is 5.69 Å². The van der Waals surface area contributed by atoms with Gasteiger partial charge in [-0.25, -0.2) is 9.19 Å². The van der Waals surface area contributed by atoms with E-state index in [1.165, 1.54) is 7.11 Å². The second kappa shape index (κ2) is 8.49. The van der Waals surface area contributed by atoms with Gasteiger partial charge in [0.15, 0.2) is 16.7 Å². The number of nitrogens with two attached hydrogens (primary N) is 1. The van der Waals surface area contributed by atoms with Crippen molar-refractivity contribution in [1.29, 1.82) is 0 Å². The number of aromatic nitrogens is 3. The van der Waals surface area contributed by atoms with Crippen LogP contribution in [0.25, 0.3) is 33.3 Å². The number of H-pyrrole nitrogens is 2. The van der Waals surface area contributed by atoms with Crippen LogP contribution in [0.3, 0.4) is 0 Å². The number of carbonyl (C=O) groups is 1. The number of benzene rings is 3. The average Bonchev–Trinajstić information content (AvgIpc) is 3.19. The third-order valence-corrected chi connectivity index (χ3v) is 6.47. The summed E-state index contributed by atoms with van der Waals surface area (Å²) in [6.45, 7) is 0. The molecule has 2 aromatic heterocycles. The van der Waals surface area contributed by atoms with Gasteiger partial charge in [0, 0.05) is 16.5 Å². The van der Waals surface area contributed by atoms with Crippen molar-refractivity contribution < 1.29 is 13.7 Å². The molecule has 5 N–H and O–H groups in total. The van der Waals surface area contributed by atoms with E-state index in [0.717, 1.165) is 0 Å². The fraction of sp³-hybridized carbons (Fsp3) is 0.0417. The number of hydrogen-bond acceptors (Lipinski definition) is 6. The van der Waals surface area contributed by atoms with Gasteiger partial charge in [-0.3, -0.25) is 14.3 Å². The predicted molar refractivity (Wildman–Crippen MR) is 131 cm³/mol. The Bertz CT molecular complexity index is 1640. The minimum atomic E-state index is -1.75. The molecule has 5 rings (SSSR count). The van der Waals surface area contributed by atoms with E-state index >= 15 is 0 Å². The van der Waals surface area contributed by atoms with E-state index in [9.17, 15) is 13.8 Å². The number of para-hydroxylation sites is 2. The lowest BCUT2D eigenvalue weighted by molar-refractivity contribution is 0.0983. The molecule has 0 aliphatic carbocycles. The summed E-state index contributed by atoms with van der Waals surface area (Å²) in [6.07, 6.45) is 0. The molecule has 5 aromatic rings. The zero-order valence-electron chi connectivity index (χ0n) is 17.9. The van der Waals surface area contributed by atoms with E-state index in [2.05, 4.69) is 19.7 Å². The van der Waals surface area contributed by atoms with E-state index in [1.54, 1.807) is 54.6 Å². The Morgan fingerprint density at radius 1 is 1.03 bits per heavy atom. The van der Waals surface area contributed by atoms with Gasteiger partial charge in [0.25, 0.3) is 11.5 Å². The van der Waals surface area contributed by atoms with Crippen molar-refractivity contribution in [3.63, 3.8) is 0 Å². The molecule has 3 aromatic carbocycles. The van der Waals surface area contributed by atoms with Gasteiger partial charge in [-0.05, 0) is 54.6 Å². The summed E-state index contributed by atoms with van der Waals surface area (Å²) in [5.41, 5.74) is 8.91. The lowest BCUT2D eigenvalue weighted by atomic mass is 10.1. The summed E-state index contributed by atoms with van der Waals surface area (Å²) in [4.78, 5) is 36.2. The molecule has 0 radical (unpaired) electrons. The monoisotopic (exact) mass is 473 g/mol. The topological polar surface area (TPSA) is 143 Å². The number of nitrogens with zero attached hydrogens (tertiary/aromatic N) is 1. The summed E-state index contributed by atoms with van der Waals surface area (Å²) < 4.78 is 20.1. The number of anilines is 1. The lowest BCUT2D eigenvalue weighted by Crippen LogP contribution is -2.25. The fourth-order valence-electron chi connectivity index (χ4n) is 3.64. The van der Waals surface area contributed by atoms with Crippen LogP contribution in [-0.2, 0) is 11.0 Å². The number of methoxy groups -OCH3 is 1. The highest BCUT2D eigenvalue weighted by Crippen LogP contribution is 2.31. The second-order valence-electron chi connectivity index (χ2n) is 7.48. The molecule has 0 bridgehead atoms. The van der Waals surface area contributed by atoms with E-state index in [0.29, 0.717) is 38.3 Å². The van der Waals surface area contributed by atoms with Gasteiger partial charge in [-0.15, -0.1) is 0 Å². The van der Waals surface area contributed by atoms with Gasteiger partial charge < -0.3 is 20.4 Å². The Balaban J connectivity index is 1.47.